The molecule has 178 valence electrons. The first-order valence-corrected chi connectivity index (χ1v) is 11.5. The monoisotopic (exact) mass is 464 g/mol. The molecule has 0 unspecified atom stereocenters. The summed E-state index contributed by atoms with van der Waals surface area (Å²) in [4.78, 5) is 53.7. The van der Waals surface area contributed by atoms with Crippen molar-refractivity contribution in [3.05, 3.63) is 59.2 Å². The molecule has 0 spiro atoms. The number of carbonyl (C=O) groups excluding carboxylic acids is 4. The molecule has 0 aliphatic carbocycles. The Morgan fingerprint density at radius 2 is 1.59 bits per heavy atom. The predicted molar refractivity (Wildman–Crippen MR) is 125 cm³/mol. The van der Waals surface area contributed by atoms with Gasteiger partial charge in [0.2, 0.25) is 0 Å². The summed E-state index contributed by atoms with van der Waals surface area (Å²) < 4.78 is 10.6. The highest BCUT2D eigenvalue weighted by Crippen LogP contribution is 2.30. The molecule has 0 saturated carbocycles. The van der Waals surface area contributed by atoms with Gasteiger partial charge < -0.3 is 14.4 Å². The van der Waals surface area contributed by atoms with Crippen molar-refractivity contribution in [2.24, 2.45) is 11.8 Å². The number of amides is 3. The fraction of sp³-hybridized carbons (Fsp3) is 0.385. The molecule has 3 amide bonds. The van der Waals surface area contributed by atoms with E-state index in [-0.39, 0.29) is 29.2 Å². The van der Waals surface area contributed by atoms with E-state index < -0.39 is 17.8 Å². The van der Waals surface area contributed by atoms with Crippen LogP contribution >= 0.6 is 0 Å². The summed E-state index contributed by atoms with van der Waals surface area (Å²) in [6.45, 7) is 7.51. The average Bonchev–Trinajstić information content (AvgIpc) is 3.07. The molecule has 0 radical (unpaired) electrons. The van der Waals surface area contributed by atoms with Gasteiger partial charge in [0.25, 0.3) is 17.7 Å². The molecule has 0 aromatic heterocycles. The molecule has 2 aliphatic rings. The van der Waals surface area contributed by atoms with E-state index in [2.05, 4.69) is 13.8 Å². The van der Waals surface area contributed by atoms with E-state index in [1.807, 2.05) is 6.92 Å². The molecule has 8 nitrogen and oxygen atoms in total. The number of nitrogens with zero attached hydrogens (tertiary/aromatic N) is 2. The van der Waals surface area contributed by atoms with Gasteiger partial charge in [-0.05, 0) is 67.6 Å². The van der Waals surface area contributed by atoms with Crippen molar-refractivity contribution >= 4 is 29.4 Å². The fourth-order valence-electron chi connectivity index (χ4n) is 4.63. The predicted octanol–water partition coefficient (Wildman–Crippen LogP) is 3.55. The normalized spacial score (nSPS) is 19.7. The molecule has 2 aromatic rings. The van der Waals surface area contributed by atoms with Crippen LogP contribution in [0.15, 0.2) is 42.5 Å². The third-order valence-electron chi connectivity index (χ3n) is 6.08. The molecule has 1 saturated heterocycles. The van der Waals surface area contributed by atoms with Gasteiger partial charge in [-0.3, -0.25) is 14.4 Å². The number of rotatable bonds is 6. The number of fused-ring (bicyclic) bond motifs is 1. The minimum atomic E-state index is -0.714. The van der Waals surface area contributed by atoms with Gasteiger partial charge in [-0.1, -0.05) is 13.8 Å². The van der Waals surface area contributed by atoms with E-state index in [0.717, 1.165) is 11.3 Å². The Bertz CT molecular complexity index is 1120. The van der Waals surface area contributed by atoms with Gasteiger partial charge >= 0.3 is 5.97 Å². The number of benzene rings is 2. The number of hydrogen-bond donors (Lipinski definition) is 0. The number of carbonyl (C=O) groups is 4. The lowest BCUT2D eigenvalue weighted by atomic mass is 9.92. The van der Waals surface area contributed by atoms with Crippen LogP contribution in [0.1, 0.15) is 58.3 Å². The van der Waals surface area contributed by atoms with Crippen LogP contribution in [0.2, 0.25) is 0 Å². The molecule has 2 aliphatic heterocycles. The second kappa shape index (κ2) is 9.67. The quantitative estimate of drug-likeness (QED) is 0.480. The minimum Gasteiger partial charge on any atom is -0.494 e. The number of hydrogen-bond acceptors (Lipinski definition) is 6. The van der Waals surface area contributed by atoms with Crippen LogP contribution in [0.5, 0.6) is 5.75 Å². The summed E-state index contributed by atoms with van der Waals surface area (Å²) in [5, 5.41) is 0. The average molecular weight is 465 g/mol. The molecule has 0 N–H and O–H groups in total. The molecule has 8 heteroatoms. The topological polar surface area (TPSA) is 93.2 Å². The third-order valence-corrected chi connectivity index (χ3v) is 6.08. The minimum absolute atomic E-state index is 0.113. The Morgan fingerprint density at radius 1 is 0.941 bits per heavy atom. The summed E-state index contributed by atoms with van der Waals surface area (Å²) in [5.41, 5.74) is 0.858. The molecule has 0 bridgehead atoms. The van der Waals surface area contributed by atoms with E-state index >= 15 is 0 Å². The largest absolute Gasteiger partial charge is 0.494 e. The van der Waals surface area contributed by atoms with E-state index in [9.17, 15) is 19.2 Å². The molecule has 2 heterocycles. The first-order chi connectivity index (χ1) is 16.3. The second-order valence-electron chi connectivity index (χ2n) is 8.95. The zero-order valence-corrected chi connectivity index (χ0v) is 19.6. The highest BCUT2D eigenvalue weighted by atomic mass is 16.5. The van der Waals surface area contributed by atoms with Crippen LogP contribution in [-0.2, 0) is 9.53 Å². The van der Waals surface area contributed by atoms with Gasteiger partial charge in [0.1, 0.15) is 5.75 Å². The Balaban J connectivity index is 1.44. The van der Waals surface area contributed by atoms with Gasteiger partial charge in [0.15, 0.2) is 6.61 Å². The first-order valence-electron chi connectivity index (χ1n) is 11.5. The fourth-order valence-corrected chi connectivity index (χ4v) is 4.63. The summed E-state index contributed by atoms with van der Waals surface area (Å²) in [7, 11) is 0. The van der Waals surface area contributed by atoms with Crippen molar-refractivity contribution in [1.82, 2.24) is 4.90 Å². The van der Waals surface area contributed by atoms with Crippen molar-refractivity contribution in [2.75, 3.05) is 31.2 Å². The van der Waals surface area contributed by atoms with Crippen LogP contribution in [0.25, 0.3) is 0 Å². The zero-order valence-electron chi connectivity index (χ0n) is 19.6. The van der Waals surface area contributed by atoms with Gasteiger partial charge in [-0.2, -0.15) is 0 Å². The van der Waals surface area contributed by atoms with E-state index in [4.69, 9.17) is 9.47 Å². The molecule has 2 atom stereocenters. The first kappa shape index (κ1) is 23.5. The van der Waals surface area contributed by atoms with Gasteiger partial charge in [-0.25, -0.2) is 9.69 Å². The van der Waals surface area contributed by atoms with Crippen molar-refractivity contribution < 1.29 is 28.7 Å². The van der Waals surface area contributed by atoms with Crippen molar-refractivity contribution in [3.63, 3.8) is 0 Å². The highest BCUT2D eigenvalue weighted by molar-refractivity contribution is 6.34. The Kier molecular flexibility index (Phi) is 6.68. The standard InChI is InChI=1S/C26H28N2O6/c1-4-33-20-8-6-19(7-9-20)28-24(30)21-10-5-18(12-22(21)25(28)31)26(32)34-15-23(29)27-13-16(2)11-17(3)14-27/h5-10,12,16-17H,4,11,13-15H2,1-3H3/t16-,17+. The summed E-state index contributed by atoms with van der Waals surface area (Å²) >= 11 is 0. The molecule has 1 fully saturated rings. The Hall–Kier alpha value is -3.68. The maximum absolute atomic E-state index is 13.0. The van der Waals surface area contributed by atoms with Crippen LogP contribution in [0.4, 0.5) is 5.69 Å². The van der Waals surface area contributed by atoms with E-state index in [1.165, 1.54) is 18.2 Å². The molecule has 34 heavy (non-hydrogen) atoms. The lowest BCUT2D eigenvalue weighted by Gasteiger charge is -2.34. The molecular formula is C26H28N2O6. The van der Waals surface area contributed by atoms with Gasteiger partial charge in [-0.15, -0.1) is 0 Å². The third kappa shape index (κ3) is 4.66. The second-order valence-corrected chi connectivity index (χ2v) is 8.95. The lowest BCUT2D eigenvalue weighted by molar-refractivity contribution is -0.137. The van der Waals surface area contributed by atoms with Crippen LogP contribution < -0.4 is 9.64 Å². The number of piperidine rings is 1. The Labute approximate surface area is 198 Å². The summed E-state index contributed by atoms with van der Waals surface area (Å²) in [6, 6.07) is 10.9. The number of esters is 1. The van der Waals surface area contributed by atoms with E-state index in [0.29, 0.717) is 43.0 Å². The highest BCUT2D eigenvalue weighted by Gasteiger charge is 2.37. The maximum Gasteiger partial charge on any atom is 0.338 e. The lowest BCUT2D eigenvalue weighted by Crippen LogP contribution is -2.44. The number of anilines is 1. The molecule has 4 rings (SSSR count). The van der Waals surface area contributed by atoms with Gasteiger partial charge in [0.05, 0.1) is 29.0 Å². The number of imide groups is 1. The van der Waals surface area contributed by atoms with Crippen molar-refractivity contribution in [2.45, 2.75) is 27.2 Å². The van der Waals surface area contributed by atoms with Crippen LogP contribution in [0.3, 0.4) is 0 Å². The molecular weight excluding hydrogens is 436 g/mol. The van der Waals surface area contributed by atoms with E-state index in [1.54, 1.807) is 29.2 Å². The smallest absolute Gasteiger partial charge is 0.338 e. The van der Waals surface area contributed by atoms with Crippen molar-refractivity contribution in [1.29, 1.82) is 0 Å². The summed E-state index contributed by atoms with van der Waals surface area (Å²) in [6.07, 6.45) is 1.07. The number of likely N-dealkylation sites (tertiary alicyclic amines) is 1. The Morgan fingerprint density at radius 3 is 2.24 bits per heavy atom. The summed E-state index contributed by atoms with van der Waals surface area (Å²) in [5.74, 6) is -0.492. The zero-order chi connectivity index (χ0) is 24.4. The maximum atomic E-state index is 13.0. The van der Waals surface area contributed by atoms with Crippen LogP contribution in [-0.4, -0.2) is 54.9 Å². The van der Waals surface area contributed by atoms with Gasteiger partial charge in [0, 0.05) is 13.1 Å². The SMILES string of the molecule is CCOc1ccc(N2C(=O)c3ccc(C(=O)OCC(=O)N4C[C@H](C)C[C@H](C)C4)cc3C2=O)cc1. The molecule has 2 aromatic carbocycles. The van der Waals surface area contributed by atoms with Crippen molar-refractivity contribution in [3.8, 4) is 5.75 Å². The van der Waals surface area contributed by atoms with Crippen LogP contribution in [0, 0.1) is 11.8 Å². The number of ether oxygens (including phenoxy) is 2.